The molecule has 0 fully saturated rings. The molecular weight excluding hydrogens is 272 g/mol. The molecule has 1 aromatic rings. The van der Waals surface area contributed by atoms with Crippen LogP contribution in [0.25, 0.3) is 0 Å². The molecule has 0 saturated carbocycles. The van der Waals surface area contributed by atoms with Crippen molar-refractivity contribution in [1.82, 2.24) is 5.32 Å². The average Bonchev–Trinajstić information content (AvgIpc) is 2.47. The number of methoxy groups -OCH3 is 1. The fraction of sp³-hybridized carbons (Fsp3) is 0.467. The van der Waals surface area contributed by atoms with Gasteiger partial charge in [-0.1, -0.05) is 18.2 Å². The fourth-order valence-electron chi connectivity index (χ4n) is 2.52. The number of anilines is 1. The fourth-order valence-corrected chi connectivity index (χ4v) is 2.52. The monoisotopic (exact) mass is 292 g/mol. The molecule has 0 aliphatic carbocycles. The van der Waals surface area contributed by atoms with Gasteiger partial charge in [-0.2, -0.15) is 0 Å². The van der Waals surface area contributed by atoms with Crippen molar-refractivity contribution in [2.24, 2.45) is 5.92 Å². The van der Waals surface area contributed by atoms with E-state index in [4.69, 9.17) is 4.74 Å². The number of carboxylic acid groups (broad SMARTS) is 1. The van der Waals surface area contributed by atoms with Gasteiger partial charge in [0.15, 0.2) is 0 Å². The number of ether oxygens (including phenoxy) is 1. The summed E-state index contributed by atoms with van der Waals surface area (Å²) in [5.41, 5.74) is 1.91. The number of carboxylic acids is 1. The minimum absolute atomic E-state index is 0.132. The first-order valence-electron chi connectivity index (χ1n) is 6.93. The second-order valence-electron chi connectivity index (χ2n) is 5.09. The lowest BCUT2D eigenvalue weighted by atomic mass is 9.92. The quantitative estimate of drug-likeness (QED) is 0.747. The van der Waals surface area contributed by atoms with E-state index in [9.17, 15) is 14.7 Å². The smallest absolute Gasteiger partial charge is 0.308 e. The Hall–Kier alpha value is -2.08. The number of hydrogen-bond acceptors (Lipinski definition) is 4. The number of nitrogens with one attached hydrogen (secondary N) is 1. The molecule has 2 N–H and O–H groups in total. The van der Waals surface area contributed by atoms with Crippen LogP contribution in [-0.2, 0) is 20.7 Å². The summed E-state index contributed by atoms with van der Waals surface area (Å²) < 4.78 is 4.88. The van der Waals surface area contributed by atoms with Gasteiger partial charge >= 0.3 is 5.97 Å². The highest BCUT2D eigenvalue weighted by atomic mass is 16.5. The van der Waals surface area contributed by atoms with Gasteiger partial charge in [-0.3, -0.25) is 9.59 Å². The minimum atomic E-state index is -0.825. The summed E-state index contributed by atoms with van der Waals surface area (Å²) in [7, 11) is 1.57. The van der Waals surface area contributed by atoms with Crippen LogP contribution in [0.3, 0.4) is 0 Å². The predicted molar refractivity (Wildman–Crippen MR) is 78.4 cm³/mol. The number of carbonyl (C=O) groups excluding carboxylic acids is 1. The number of nitrogens with zero attached hydrogens (tertiary/aromatic N) is 1. The summed E-state index contributed by atoms with van der Waals surface area (Å²) in [5, 5.41) is 12.0. The Morgan fingerprint density at radius 2 is 2.19 bits per heavy atom. The number of hydrogen-bond donors (Lipinski definition) is 2. The third kappa shape index (κ3) is 3.95. The normalized spacial score (nSPS) is 17.2. The van der Waals surface area contributed by atoms with E-state index in [-0.39, 0.29) is 12.5 Å². The number of fused-ring (bicyclic) bond motifs is 1. The summed E-state index contributed by atoms with van der Waals surface area (Å²) in [6.07, 6.45) is 0.507. The molecule has 6 heteroatoms. The first kappa shape index (κ1) is 15.3. The van der Waals surface area contributed by atoms with E-state index in [0.29, 0.717) is 26.1 Å². The van der Waals surface area contributed by atoms with Crippen molar-refractivity contribution in [3.63, 3.8) is 0 Å². The van der Waals surface area contributed by atoms with E-state index in [0.717, 1.165) is 11.3 Å². The van der Waals surface area contributed by atoms with Crippen molar-refractivity contribution in [3.05, 3.63) is 29.8 Å². The molecule has 1 heterocycles. The van der Waals surface area contributed by atoms with Crippen molar-refractivity contribution in [3.8, 4) is 0 Å². The van der Waals surface area contributed by atoms with Gasteiger partial charge < -0.3 is 20.1 Å². The summed E-state index contributed by atoms with van der Waals surface area (Å²) >= 11 is 0. The number of para-hydroxylation sites is 1. The first-order chi connectivity index (χ1) is 10.1. The van der Waals surface area contributed by atoms with Crippen LogP contribution in [0, 0.1) is 5.92 Å². The highest BCUT2D eigenvalue weighted by Gasteiger charge is 2.29. The van der Waals surface area contributed by atoms with E-state index in [2.05, 4.69) is 5.32 Å². The van der Waals surface area contributed by atoms with Crippen LogP contribution in [0.1, 0.15) is 5.56 Å². The Labute approximate surface area is 123 Å². The molecule has 114 valence electrons. The van der Waals surface area contributed by atoms with E-state index in [1.54, 1.807) is 7.11 Å². The van der Waals surface area contributed by atoms with E-state index in [1.807, 2.05) is 29.2 Å². The number of carbonyl (C=O) groups is 2. The second kappa shape index (κ2) is 7.08. The molecule has 1 atom stereocenters. The highest BCUT2D eigenvalue weighted by molar-refractivity contribution is 5.83. The Morgan fingerprint density at radius 3 is 2.90 bits per heavy atom. The Morgan fingerprint density at radius 1 is 1.43 bits per heavy atom. The number of benzene rings is 1. The molecule has 1 aromatic carbocycles. The van der Waals surface area contributed by atoms with E-state index < -0.39 is 11.9 Å². The third-order valence-electron chi connectivity index (χ3n) is 3.55. The third-order valence-corrected chi connectivity index (χ3v) is 3.55. The van der Waals surface area contributed by atoms with Crippen LogP contribution in [0.15, 0.2) is 24.3 Å². The zero-order valence-electron chi connectivity index (χ0n) is 12.0. The summed E-state index contributed by atoms with van der Waals surface area (Å²) in [5.74, 6) is -1.44. The number of aliphatic carboxylic acids is 1. The van der Waals surface area contributed by atoms with Gasteiger partial charge in [-0.15, -0.1) is 0 Å². The molecule has 2 rings (SSSR count). The topological polar surface area (TPSA) is 78.9 Å². The van der Waals surface area contributed by atoms with Crippen molar-refractivity contribution < 1.29 is 19.4 Å². The summed E-state index contributed by atoms with van der Waals surface area (Å²) in [6, 6.07) is 7.63. The molecule has 1 amide bonds. The van der Waals surface area contributed by atoms with Crippen molar-refractivity contribution >= 4 is 17.6 Å². The largest absolute Gasteiger partial charge is 0.481 e. The summed E-state index contributed by atoms with van der Waals surface area (Å²) in [6.45, 7) is 1.42. The lowest BCUT2D eigenvalue weighted by Gasteiger charge is -2.34. The molecule has 0 spiro atoms. The van der Waals surface area contributed by atoms with Crippen LogP contribution in [-0.4, -0.2) is 50.3 Å². The Balaban J connectivity index is 2.07. The van der Waals surface area contributed by atoms with Gasteiger partial charge in [0.1, 0.15) is 0 Å². The van der Waals surface area contributed by atoms with E-state index >= 15 is 0 Å². The minimum Gasteiger partial charge on any atom is -0.481 e. The summed E-state index contributed by atoms with van der Waals surface area (Å²) in [4.78, 5) is 25.0. The van der Waals surface area contributed by atoms with Crippen LogP contribution in [0.4, 0.5) is 5.69 Å². The van der Waals surface area contributed by atoms with Crippen LogP contribution in [0.2, 0.25) is 0 Å². The van der Waals surface area contributed by atoms with Crippen LogP contribution in [0.5, 0.6) is 0 Å². The van der Waals surface area contributed by atoms with Crippen LogP contribution < -0.4 is 10.2 Å². The average molecular weight is 292 g/mol. The zero-order valence-corrected chi connectivity index (χ0v) is 12.0. The van der Waals surface area contributed by atoms with Gasteiger partial charge in [0.2, 0.25) is 5.91 Å². The van der Waals surface area contributed by atoms with Gasteiger partial charge in [0.05, 0.1) is 19.1 Å². The maximum Gasteiger partial charge on any atom is 0.308 e. The second-order valence-corrected chi connectivity index (χ2v) is 5.09. The zero-order chi connectivity index (χ0) is 15.2. The number of amides is 1. The molecule has 21 heavy (non-hydrogen) atoms. The molecule has 0 radical (unpaired) electrons. The van der Waals surface area contributed by atoms with Crippen LogP contribution >= 0.6 is 0 Å². The molecule has 0 aromatic heterocycles. The molecule has 1 unspecified atom stereocenters. The Bertz CT molecular complexity index is 518. The predicted octanol–water partition coefficient (Wildman–Crippen LogP) is 0.513. The maximum absolute atomic E-state index is 11.9. The lowest BCUT2D eigenvalue weighted by molar-refractivity contribution is -0.141. The van der Waals surface area contributed by atoms with Crippen molar-refractivity contribution in [2.45, 2.75) is 6.42 Å². The highest BCUT2D eigenvalue weighted by Crippen LogP contribution is 2.29. The Kier molecular flexibility index (Phi) is 5.16. The molecule has 0 bridgehead atoms. The molecule has 1 aliphatic heterocycles. The lowest BCUT2D eigenvalue weighted by Crippen LogP contribution is -2.45. The van der Waals surface area contributed by atoms with Gasteiger partial charge in [-0.25, -0.2) is 0 Å². The first-order valence-corrected chi connectivity index (χ1v) is 6.93. The molecule has 1 aliphatic rings. The van der Waals surface area contributed by atoms with E-state index in [1.165, 1.54) is 0 Å². The van der Waals surface area contributed by atoms with Gasteiger partial charge in [0, 0.05) is 25.9 Å². The van der Waals surface area contributed by atoms with Crippen molar-refractivity contribution in [1.29, 1.82) is 0 Å². The molecular formula is C15H20N2O4. The van der Waals surface area contributed by atoms with Gasteiger partial charge in [0.25, 0.3) is 0 Å². The number of rotatable bonds is 6. The van der Waals surface area contributed by atoms with Crippen molar-refractivity contribution in [2.75, 3.05) is 38.3 Å². The maximum atomic E-state index is 11.9. The molecule has 6 nitrogen and oxygen atoms in total. The molecule has 0 saturated heterocycles. The standard InChI is InChI=1S/C15H20N2O4/c1-21-7-6-16-14(18)10-17-9-12(15(19)20)8-11-4-2-3-5-13(11)17/h2-5,12H,6-10H2,1H3,(H,16,18)(H,19,20). The SMILES string of the molecule is COCCNC(=O)CN1CC(C(=O)O)Cc2ccccc21. The van der Waals surface area contributed by atoms with Gasteiger partial charge in [-0.05, 0) is 18.1 Å².